The van der Waals surface area contributed by atoms with E-state index < -0.39 is 0 Å². The van der Waals surface area contributed by atoms with Gasteiger partial charge in [0.25, 0.3) is 0 Å². The number of pyridine rings is 2. The van der Waals surface area contributed by atoms with E-state index in [2.05, 4.69) is 70.1 Å². The highest BCUT2D eigenvalue weighted by Gasteiger charge is 2.18. The molecule has 0 fully saturated rings. The summed E-state index contributed by atoms with van der Waals surface area (Å²) in [4.78, 5) is 9.14. The normalized spacial score (nSPS) is 13.6. The van der Waals surface area contributed by atoms with Crippen molar-refractivity contribution in [3.05, 3.63) is 95.3 Å². The zero-order valence-corrected chi connectivity index (χ0v) is 14.8. The molecule has 0 aliphatic carbocycles. The minimum atomic E-state index is 0.0384. The molecule has 4 aromatic rings. The Hall–Kier alpha value is -2.56. The van der Waals surface area contributed by atoms with Gasteiger partial charge in [-0.15, -0.1) is 11.3 Å². The van der Waals surface area contributed by atoms with E-state index in [1.807, 2.05) is 30.6 Å². The first-order valence-electron chi connectivity index (χ1n) is 8.36. The van der Waals surface area contributed by atoms with Crippen LogP contribution in [0.5, 0.6) is 0 Å². The number of rotatable bonds is 5. The number of nitrogens with zero attached hydrogens (tertiary/aromatic N) is 2. The monoisotopic (exact) mass is 345 g/mol. The molecule has 0 unspecified atom stereocenters. The lowest BCUT2D eigenvalue weighted by molar-refractivity contribution is 0.508. The molecule has 3 aromatic heterocycles. The summed E-state index contributed by atoms with van der Waals surface area (Å²) in [5, 5.41) is 5.81. The van der Waals surface area contributed by atoms with Gasteiger partial charge >= 0.3 is 0 Å². The van der Waals surface area contributed by atoms with Gasteiger partial charge in [-0.05, 0) is 47.7 Å². The highest BCUT2D eigenvalue weighted by Crippen LogP contribution is 2.27. The summed E-state index contributed by atoms with van der Waals surface area (Å²) >= 11 is 1.73. The van der Waals surface area contributed by atoms with Crippen LogP contribution in [0, 0.1) is 0 Å². The van der Waals surface area contributed by atoms with E-state index in [1.165, 1.54) is 15.8 Å². The summed E-state index contributed by atoms with van der Waals surface area (Å²) in [6.45, 7) is 2.18. The largest absolute Gasteiger partial charge is 0.298 e. The van der Waals surface area contributed by atoms with Crippen LogP contribution in [0.3, 0.4) is 0 Å². The zero-order valence-electron chi connectivity index (χ0n) is 14.0. The van der Waals surface area contributed by atoms with Gasteiger partial charge in [0.05, 0.1) is 22.0 Å². The van der Waals surface area contributed by atoms with Crippen molar-refractivity contribution in [1.82, 2.24) is 15.3 Å². The van der Waals surface area contributed by atoms with Crippen molar-refractivity contribution < 1.29 is 0 Å². The Kier molecular flexibility index (Phi) is 4.55. The maximum Gasteiger partial charge on any atom is 0.0809 e. The second kappa shape index (κ2) is 7.13. The van der Waals surface area contributed by atoms with Gasteiger partial charge in [0.15, 0.2) is 0 Å². The second-order valence-corrected chi connectivity index (χ2v) is 7.01. The Bertz CT molecular complexity index is 911. The fourth-order valence-corrected chi connectivity index (χ4v) is 3.78. The molecule has 2 atom stereocenters. The Morgan fingerprint density at radius 3 is 2.56 bits per heavy atom. The van der Waals surface area contributed by atoms with Crippen molar-refractivity contribution >= 4 is 21.6 Å². The number of benzene rings is 1. The van der Waals surface area contributed by atoms with Gasteiger partial charge in [-0.1, -0.05) is 36.4 Å². The molecule has 0 saturated carbocycles. The van der Waals surface area contributed by atoms with Crippen LogP contribution >= 0.6 is 11.3 Å². The van der Waals surface area contributed by atoms with Crippen LogP contribution in [0.15, 0.2) is 78.4 Å². The molecular formula is C21H19N3S. The molecule has 0 amide bonds. The van der Waals surface area contributed by atoms with Crippen molar-refractivity contribution in [2.75, 3.05) is 0 Å². The van der Waals surface area contributed by atoms with E-state index >= 15 is 0 Å². The molecule has 0 bridgehead atoms. The topological polar surface area (TPSA) is 37.8 Å². The van der Waals surface area contributed by atoms with Crippen LogP contribution in [0.25, 0.3) is 10.2 Å². The minimum Gasteiger partial charge on any atom is -0.298 e. The first-order valence-corrected chi connectivity index (χ1v) is 9.24. The lowest BCUT2D eigenvalue weighted by atomic mass is 10.0. The Balaban J connectivity index is 1.65. The molecule has 4 heteroatoms. The van der Waals surface area contributed by atoms with Crippen molar-refractivity contribution in [3.63, 3.8) is 0 Å². The molecule has 0 saturated heterocycles. The number of nitrogens with one attached hydrogen (secondary N) is 1. The summed E-state index contributed by atoms with van der Waals surface area (Å²) in [5.74, 6) is 0. The average Bonchev–Trinajstić information content (AvgIpc) is 3.15. The smallest absolute Gasteiger partial charge is 0.0809 e. The highest BCUT2D eigenvalue weighted by molar-refractivity contribution is 7.17. The Morgan fingerprint density at radius 1 is 0.920 bits per heavy atom. The van der Waals surface area contributed by atoms with Gasteiger partial charge in [-0.2, -0.15) is 0 Å². The third-order valence-corrected chi connectivity index (χ3v) is 5.21. The molecule has 1 aromatic carbocycles. The number of fused-ring (bicyclic) bond motifs is 1. The zero-order chi connectivity index (χ0) is 17.1. The van der Waals surface area contributed by atoms with E-state index in [0.29, 0.717) is 0 Å². The lowest BCUT2D eigenvalue weighted by Gasteiger charge is -2.23. The molecule has 0 spiro atoms. The summed E-state index contributed by atoms with van der Waals surface area (Å²) in [5.41, 5.74) is 4.47. The molecule has 25 heavy (non-hydrogen) atoms. The molecule has 3 nitrogen and oxygen atoms in total. The number of thiophene rings is 1. The molecule has 0 aliphatic rings. The summed E-state index contributed by atoms with van der Waals surface area (Å²) in [6.07, 6.45) is 3.81. The molecule has 0 aliphatic heterocycles. The first-order chi connectivity index (χ1) is 12.3. The maximum atomic E-state index is 4.57. The number of hydrogen-bond acceptors (Lipinski definition) is 4. The molecule has 4 rings (SSSR count). The van der Waals surface area contributed by atoms with E-state index in [9.17, 15) is 0 Å². The second-order valence-electron chi connectivity index (χ2n) is 6.06. The standard InChI is InChI=1S/C21H19N3S/c1-15(17-13-20-18(23-14-17)10-12-25-20)24-21(16-7-3-2-4-8-16)19-9-5-6-11-22-19/h2-15,21,24H,1H3/t15-,21-/m0/s1. The van der Waals surface area contributed by atoms with E-state index in [-0.39, 0.29) is 12.1 Å². The summed E-state index contributed by atoms with van der Waals surface area (Å²) in [6, 6.07) is 21.0. The molecule has 3 heterocycles. The quantitative estimate of drug-likeness (QED) is 0.545. The molecule has 124 valence electrons. The van der Waals surface area contributed by atoms with Gasteiger partial charge in [-0.3, -0.25) is 15.3 Å². The SMILES string of the molecule is C[C@H](N[C@@H](c1ccccc1)c1ccccn1)c1cnc2ccsc2c1. The average molecular weight is 345 g/mol. The van der Waals surface area contributed by atoms with Gasteiger partial charge < -0.3 is 0 Å². The third kappa shape index (κ3) is 3.45. The van der Waals surface area contributed by atoms with Crippen LogP contribution in [-0.2, 0) is 0 Å². The number of aromatic nitrogens is 2. The van der Waals surface area contributed by atoms with Gasteiger partial charge in [0, 0.05) is 18.4 Å². The summed E-state index contributed by atoms with van der Waals surface area (Å²) < 4.78 is 1.22. The van der Waals surface area contributed by atoms with Gasteiger partial charge in [-0.25, -0.2) is 0 Å². The fourth-order valence-electron chi connectivity index (χ4n) is 2.99. The van der Waals surface area contributed by atoms with Crippen molar-refractivity contribution in [3.8, 4) is 0 Å². The molecular weight excluding hydrogens is 326 g/mol. The van der Waals surface area contributed by atoms with Crippen LogP contribution in [0.2, 0.25) is 0 Å². The molecule has 0 radical (unpaired) electrons. The Labute approximate surface area is 151 Å². The summed E-state index contributed by atoms with van der Waals surface area (Å²) in [7, 11) is 0. The fraction of sp³-hybridized carbons (Fsp3) is 0.143. The minimum absolute atomic E-state index is 0.0384. The van der Waals surface area contributed by atoms with Crippen LogP contribution in [0.4, 0.5) is 0 Å². The lowest BCUT2D eigenvalue weighted by Crippen LogP contribution is -2.26. The maximum absolute atomic E-state index is 4.57. The van der Waals surface area contributed by atoms with Crippen LogP contribution in [0.1, 0.15) is 35.8 Å². The van der Waals surface area contributed by atoms with Crippen LogP contribution < -0.4 is 5.32 Å². The van der Waals surface area contributed by atoms with E-state index in [0.717, 1.165) is 11.2 Å². The van der Waals surface area contributed by atoms with Gasteiger partial charge in [0.1, 0.15) is 0 Å². The predicted molar refractivity (Wildman–Crippen MR) is 104 cm³/mol. The number of hydrogen-bond donors (Lipinski definition) is 1. The Morgan fingerprint density at radius 2 is 1.76 bits per heavy atom. The van der Waals surface area contributed by atoms with Crippen molar-refractivity contribution in [2.24, 2.45) is 0 Å². The third-order valence-electron chi connectivity index (χ3n) is 4.36. The van der Waals surface area contributed by atoms with Crippen LogP contribution in [-0.4, -0.2) is 9.97 Å². The molecule has 1 N–H and O–H groups in total. The van der Waals surface area contributed by atoms with Crippen molar-refractivity contribution in [1.29, 1.82) is 0 Å². The predicted octanol–water partition coefficient (Wildman–Crippen LogP) is 5.13. The van der Waals surface area contributed by atoms with E-state index in [1.54, 1.807) is 11.3 Å². The van der Waals surface area contributed by atoms with E-state index in [4.69, 9.17) is 0 Å². The van der Waals surface area contributed by atoms with Gasteiger partial charge in [0.2, 0.25) is 0 Å². The van der Waals surface area contributed by atoms with Crippen molar-refractivity contribution in [2.45, 2.75) is 19.0 Å². The highest BCUT2D eigenvalue weighted by atomic mass is 32.1. The first kappa shape index (κ1) is 15.9.